The minimum absolute atomic E-state index is 0.647. The van der Waals surface area contributed by atoms with E-state index >= 15 is 0 Å². The van der Waals surface area contributed by atoms with Gasteiger partial charge < -0.3 is 9.88 Å². The molecule has 15 heavy (non-hydrogen) atoms. The summed E-state index contributed by atoms with van der Waals surface area (Å²) in [6.07, 6.45) is 6.88. The van der Waals surface area contributed by atoms with E-state index in [-0.39, 0.29) is 0 Å². The molecule has 0 fully saturated rings. The van der Waals surface area contributed by atoms with Crippen LogP contribution in [-0.4, -0.2) is 26.6 Å². The maximum Gasteiger partial charge on any atom is 0.0945 e. The molecule has 1 unspecified atom stereocenters. The zero-order chi connectivity index (χ0) is 11.1. The third-order valence-electron chi connectivity index (χ3n) is 2.53. The standard InChI is InChI=1S/C11H20IN3/c1-10(2)11(8-12)14-4-3-6-15-7-5-13-9-15/h5,7,9-11,14H,3-4,6,8H2,1-2H3. The van der Waals surface area contributed by atoms with Crippen LogP contribution in [0.4, 0.5) is 0 Å². The first-order valence-corrected chi connectivity index (χ1v) is 7.01. The van der Waals surface area contributed by atoms with Crippen molar-refractivity contribution < 1.29 is 0 Å². The van der Waals surface area contributed by atoms with Crippen molar-refractivity contribution in [2.24, 2.45) is 5.92 Å². The van der Waals surface area contributed by atoms with Gasteiger partial charge >= 0.3 is 0 Å². The van der Waals surface area contributed by atoms with E-state index in [0.29, 0.717) is 6.04 Å². The molecule has 1 aromatic rings. The van der Waals surface area contributed by atoms with Gasteiger partial charge in [-0.15, -0.1) is 0 Å². The van der Waals surface area contributed by atoms with Crippen LogP contribution in [0.2, 0.25) is 0 Å². The van der Waals surface area contributed by atoms with E-state index in [9.17, 15) is 0 Å². The number of aryl methyl sites for hydroxylation is 1. The summed E-state index contributed by atoms with van der Waals surface area (Å²) in [6.45, 7) is 6.68. The fraction of sp³-hybridized carbons (Fsp3) is 0.727. The summed E-state index contributed by atoms with van der Waals surface area (Å²) in [7, 11) is 0. The topological polar surface area (TPSA) is 29.9 Å². The van der Waals surface area contributed by atoms with Crippen LogP contribution in [0.25, 0.3) is 0 Å². The Kier molecular flexibility index (Phi) is 6.24. The highest BCUT2D eigenvalue weighted by molar-refractivity contribution is 14.1. The molecular formula is C11H20IN3. The second-order valence-electron chi connectivity index (χ2n) is 4.11. The molecule has 1 N–H and O–H groups in total. The lowest BCUT2D eigenvalue weighted by Crippen LogP contribution is -2.36. The number of hydrogen-bond donors (Lipinski definition) is 1. The first kappa shape index (κ1) is 13.0. The lowest BCUT2D eigenvalue weighted by molar-refractivity contribution is 0.427. The molecule has 1 aromatic heterocycles. The number of hydrogen-bond acceptors (Lipinski definition) is 2. The van der Waals surface area contributed by atoms with Crippen molar-refractivity contribution in [3.05, 3.63) is 18.7 Å². The Hall–Kier alpha value is -0.100. The van der Waals surface area contributed by atoms with E-state index in [4.69, 9.17) is 0 Å². The summed E-state index contributed by atoms with van der Waals surface area (Å²) in [6, 6.07) is 0.647. The summed E-state index contributed by atoms with van der Waals surface area (Å²) < 4.78 is 3.30. The zero-order valence-corrected chi connectivity index (χ0v) is 11.6. The van der Waals surface area contributed by atoms with E-state index in [1.54, 1.807) is 0 Å². The number of nitrogens with zero attached hydrogens (tertiary/aromatic N) is 2. The molecule has 0 aromatic carbocycles. The first-order valence-electron chi connectivity index (χ1n) is 5.49. The molecule has 1 rings (SSSR count). The van der Waals surface area contributed by atoms with Crippen LogP contribution >= 0.6 is 22.6 Å². The molecule has 1 heterocycles. The van der Waals surface area contributed by atoms with E-state index in [1.807, 2.05) is 18.7 Å². The highest BCUT2D eigenvalue weighted by Crippen LogP contribution is 2.04. The minimum atomic E-state index is 0.647. The van der Waals surface area contributed by atoms with Gasteiger partial charge in [0.1, 0.15) is 0 Å². The van der Waals surface area contributed by atoms with Gasteiger partial charge in [0.15, 0.2) is 0 Å². The fourth-order valence-electron chi connectivity index (χ4n) is 1.44. The number of aromatic nitrogens is 2. The molecule has 0 saturated carbocycles. The largest absolute Gasteiger partial charge is 0.337 e. The van der Waals surface area contributed by atoms with Gasteiger partial charge in [-0.3, -0.25) is 0 Å². The third kappa shape index (κ3) is 4.97. The van der Waals surface area contributed by atoms with Crippen LogP contribution in [0.15, 0.2) is 18.7 Å². The third-order valence-corrected chi connectivity index (χ3v) is 3.48. The molecule has 0 saturated heterocycles. The van der Waals surface area contributed by atoms with Crippen molar-refractivity contribution >= 4 is 22.6 Å². The highest BCUT2D eigenvalue weighted by Gasteiger charge is 2.09. The molecule has 1 atom stereocenters. The van der Waals surface area contributed by atoms with Crippen LogP contribution < -0.4 is 5.32 Å². The number of alkyl halides is 1. The number of halogens is 1. The summed E-state index contributed by atoms with van der Waals surface area (Å²) in [5.41, 5.74) is 0. The van der Waals surface area contributed by atoms with E-state index in [1.165, 1.54) is 4.43 Å². The summed E-state index contributed by atoms with van der Waals surface area (Å²) in [5, 5.41) is 3.59. The van der Waals surface area contributed by atoms with Crippen LogP contribution in [0, 0.1) is 5.92 Å². The molecule has 0 radical (unpaired) electrons. The Morgan fingerprint density at radius 1 is 1.47 bits per heavy atom. The summed E-state index contributed by atoms with van der Waals surface area (Å²) in [5.74, 6) is 0.718. The lowest BCUT2D eigenvalue weighted by atomic mass is 10.1. The Morgan fingerprint density at radius 2 is 2.27 bits per heavy atom. The van der Waals surface area contributed by atoms with Crippen molar-refractivity contribution in [2.75, 3.05) is 11.0 Å². The summed E-state index contributed by atoms with van der Waals surface area (Å²) in [4.78, 5) is 4.02. The average Bonchev–Trinajstić information content (AvgIpc) is 2.70. The van der Waals surface area contributed by atoms with E-state index < -0.39 is 0 Å². The van der Waals surface area contributed by atoms with Gasteiger partial charge in [0.25, 0.3) is 0 Å². The summed E-state index contributed by atoms with van der Waals surface area (Å²) >= 11 is 2.45. The Labute approximate surface area is 106 Å². The molecule has 0 amide bonds. The molecule has 4 heteroatoms. The zero-order valence-electron chi connectivity index (χ0n) is 9.49. The number of imidazole rings is 1. The second kappa shape index (κ2) is 7.22. The fourth-order valence-corrected chi connectivity index (χ4v) is 2.76. The van der Waals surface area contributed by atoms with Gasteiger partial charge in [0.05, 0.1) is 6.33 Å². The van der Waals surface area contributed by atoms with Crippen LogP contribution in [0.3, 0.4) is 0 Å². The normalized spacial score (nSPS) is 13.3. The van der Waals surface area contributed by atoms with Gasteiger partial charge in [-0.1, -0.05) is 36.4 Å². The monoisotopic (exact) mass is 321 g/mol. The van der Waals surface area contributed by atoms with Gasteiger partial charge in [-0.25, -0.2) is 4.98 Å². The Bertz CT molecular complexity index is 246. The van der Waals surface area contributed by atoms with Gasteiger partial charge in [0.2, 0.25) is 0 Å². The number of rotatable bonds is 7. The Morgan fingerprint density at radius 3 is 2.80 bits per heavy atom. The molecule has 0 aliphatic carbocycles. The second-order valence-corrected chi connectivity index (χ2v) is 4.99. The van der Waals surface area contributed by atoms with E-state index in [0.717, 1.165) is 25.4 Å². The SMILES string of the molecule is CC(C)C(CI)NCCCn1ccnc1. The predicted octanol–water partition coefficient (Wildman–Crippen LogP) is 2.32. The quantitative estimate of drug-likeness (QED) is 0.475. The average molecular weight is 321 g/mol. The van der Waals surface area contributed by atoms with Crippen LogP contribution in [-0.2, 0) is 6.54 Å². The first-order chi connectivity index (χ1) is 7.24. The van der Waals surface area contributed by atoms with Crippen molar-refractivity contribution in [3.8, 4) is 0 Å². The van der Waals surface area contributed by atoms with Crippen molar-refractivity contribution in [2.45, 2.75) is 32.9 Å². The smallest absolute Gasteiger partial charge is 0.0945 e. The minimum Gasteiger partial charge on any atom is -0.337 e. The van der Waals surface area contributed by atoms with Crippen molar-refractivity contribution in [3.63, 3.8) is 0 Å². The van der Waals surface area contributed by atoms with Crippen LogP contribution in [0.1, 0.15) is 20.3 Å². The van der Waals surface area contributed by atoms with Crippen molar-refractivity contribution in [1.82, 2.24) is 14.9 Å². The maximum atomic E-state index is 4.02. The lowest BCUT2D eigenvalue weighted by Gasteiger charge is -2.19. The maximum absolute atomic E-state index is 4.02. The van der Waals surface area contributed by atoms with Gasteiger partial charge in [0, 0.05) is 29.4 Å². The predicted molar refractivity (Wildman–Crippen MR) is 72.4 cm³/mol. The molecular weight excluding hydrogens is 301 g/mol. The Balaban J connectivity index is 2.10. The molecule has 0 spiro atoms. The molecule has 0 bridgehead atoms. The molecule has 0 aliphatic rings. The van der Waals surface area contributed by atoms with Gasteiger partial charge in [-0.2, -0.15) is 0 Å². The van der Waals surface area contributed by atoms with Gasteiger partial charge in [-0.05, 0) is 18.9 Å². The van der Waals surface area contributed by atoms with Crippen molar-refractivity contribution in [1.29, 1.82) is 0 Å². The van der Waals surface area contributed by atoms with Crippen LogP contribution in [0.5, 0.6) is 0 Å². The highest BCUT2D eigenvalue weighted by atomic mass is 127. The molecule has 3 nitrogen and oxygen atoms in total. The number of nitrogens with one attached hydrogen (secondary N) is 1. The molecule has 86 valence electrons. The van der Waals surface area contributed by atoms with E-state index in [2.05, 4.69) is 51.3 Å². The molecule has 0 aliphatic heterocycles.